The summed E-state index contributed by atoms with van der Waals surface area (Å²) in [5.74, 6) is 1.93. The summed E-state index contributed by atoms with van der Waals surface area (Å²) in [6, 6.07) is 0.453. The van der Waals surface area contributed by atoms with Crippen LogP contribution in [0.25, 0.3) is 0 Å². The molecule has 1 heterocycles. The highest BCUT2D eigenvalue weighted by Gasteiger charge is 2.23. The molecule has 1 aromatic rings. The highest BCUT2D eigenvalue weighted by atomic mass is 15.2. The van der Waals surface area contributed by atoms with Crippen molar-refractivity contribution in [2.75, 3.05) is 5.32 Å². The lowest BCUT2D eigenvalue weighted by atomic mass is 10.4. The fourth-order valence-corrected chi connectivity index (χ4v) is 1.64. The van der Waals surface area contributed by atoms with Gasteiger partial charge >= 0.3 is 0 Å². The molecule has 1 aliphatic rings. The van der Waals surface area contributed by atoms with Crippen molar-refractivity contribution in [1.82, 2.24) is 9.55 Å². The van der Waals surface area contributed by atoms with Crippen LogP contribution in [0.5, 0.6) is 0 Å². The molecule has 14 heavy (non-hydrogen) atoms. The van der Waals surface area contributed by atoms with Gasteiger partial charge in [0.15, 0.2) is 0 Å². The van der Waals surface area contributed by atoms with Gasteiger partial charge in [-0.15, -0.1) is 0 Å². The number of imidazole rings is 1. The van der Waals surface area contributed by atoms with E-state index >= 15 is 0 Å². The first-order valence-corrected chi connectivity index (χ1v) is 5.45. The summed E-state index contributed by atoms with van der Waals surface area (Å²) in [7, 11) is 0. The molecule has 0 bridgehead atoms. The van der Waals surface area contributed by atoms with Crippen molar-refractivity contribution in [2.45, 2.75) is 46.2 Å². The van der Waals surface area contributed by atoms with Crippen LogP contribution in [0.15, 0.2) is 6.20 Å². The molecule has 3 heteroatoms. The third-order valence-electron chi connectivity index (χ3n) is 2.47. The highest BCUT2D eigenvalue weighted by molar-refractivity contribution is 5.29. The quantitative estimate of drug-likeness (QED) is 0.796. The van der Waals surface area contributed by atoms with E-state index in [1.807, 2.05) is 0 Å². The van der Waals surface area contributed by atoms with Crippen LogP contribution in [-0.2, 0) is 6.54 Å². The molecule has 0 aliphatic heterocycles. The number of nitrogens with zero attached hydrogens (tertiary/aromatic N) is 2. The van der Waals surface area contributed by atoms with Crippen LogP contribution < -0.4 is 5.32 Å². The fraction of sp³-hybridized carbons (Fsp3) is 0.727. The molecule has 0 unspecified atom stereocenters. The molecule has 0 atom stereocenters. The SMILES string of the molecule is Cc1cn(CC2CC2)c(NC(C)C)n1. The molecular formula is C11H19N3. The average Bonchev–Trinajstić information content (AvgIpc) is 2.79. The van der Waals surface area contributed by atoms with Gasteiger partial charge in [-0.25, -0.2) is 4.98 Å². The number of hydrogen-bond donors (Lipinski definition) is 1. The zero-order valence-corrected chi connectivity index (χ0v) is 9.25. The van der Waals surface area contributed by atoms with E-state index in [-0.39, 0.29) is 0 Å². The van der Waals surface area contributed by atoms with Gasteiger partial charge in [-0.2, -0.15) is 0 Å². The van der Waals surface area contributed by atoms with Crippen molar-refractivity contribution >= 4 is 5.95 Å². The first-order chi connectivity index (χ1) is 6.65. The van der Waals surface area contributed by atoms with Gasteiger partial charge in [0.1, 0.15) is 0 Å². The van der Waals surface area contributed by atoms with E-state index in [9.17, 15) is 0 Å². The summed E-state index contributed by atoms with van der Waals surface area (Å²) in [6.07, 6.45) is 4.92. The molecule has 2 rings (SSSR count). The smallest absolute Gasteiger partial charge is 0.203 e. The van der Waals surface area contributed by atoms with Crippen molar-refractivity contribution in [3.05, 3.63) is 11.9 Å². The second-order valence-electron chi connectivity index (χ2n) is 4.60. The Balaban J connectivity index is 2.10. The lowest BCUT2D eigenvalue weighted by Crippen LogP contribution is -2.15. The van der Waals surface area contributed by atoms with E-state index in [0.717, 1.165) is 24.1 Å². The Morgan fingerprint density at radius 1 is 1.57 bits per heavy atom. The Morgan fingerprint density at radius 3 is 2.86 bits per heavy atom. The lowest BCUT2D eigenvalue weighted by molar-refractivity contribution is 0.626. The first-order valence-electron chi connectivity index (χ1n) is 5.45. The Bertz CT molecular complexity index is 289. The summed E-state index contributed by atoms with van der Waals surface area (Å²) in [6.45, 7) is 7.47. The molecule has 0 saturated heterocycles. The van der Waals surface area contributed by atoms with Gasteiger partial charge in [-0.1, -0.05) is 0 Å². The number of aromatic nitrogens is 2. The predicted molar refractivity (Wildman–Crippen MR) is 58.4 cm³/mol. The summed E-state index contributed by atoms with van der Waals surface area (Å²) >= 11 is 0. The minimum Gasteiger partial charge on any atom is -0.353 e. The van der Waals surface area contributed by atoms with Crippen molar-refractivity contribution in [3.8, 4) is 0 Å². The van der Waals surface area contributed by atoms with Crippen LogP contribution in [0.3, 0.4) is 0 Å². The minimum absolute atomic E-state index is 0.453. The second kappa shape index (κ2) is 3.64. The first kappa shape index (κ1) is 9.56. The van der Waals surface area contributed by atoms with E-state index in [1.54, 1.807) is 0 Å². The number of aryl methyl sites for hydroxylation is 1. The molecule has 0 aromatic carbocycles. The third-order valence-corrected chi connectivity index (χ3v) is 2.47. The molecule has 1 N–H and O–H groups in total. The molecule has 0 amide bonds. The van der Waals surface area contributed by atoms with Gasteiger partial charge in [0, 0.05) is 18.8 Å². The standard InChI is InChI=1S/C11H19N3/c1-8(2)12-11-13-9(3)6-14(11)7-10-4-5-10/h6,8,10H,4-5,7H2,1-3H3,(H,12,13). The maximum Gasteiger partial charge on any atom is 0.203 e. The molecule has 0 radical (unpaired) electrons. The molecule has 1 aromatic heterocycles. The van der Waals surface area contributed by atoms with E-state index in [0.29, 0.717) is 6.04 Å². The van der Waals surface area contributed by atoms with E-state index in [4.69, 9.17) is 0 Å². The van der Waals surface area contributed by atoms with Crippen LogP contribution in [0.1, 0.15) is 32.4 Å². The largest absolute Gasteiger partial charge is 0.353 e. The minimum atomic E-state index is 0.453. The molecule has 1 saturated carbocycles. The Labute approximate surface area is 85.5 Å². The van der Waals surface area contributed by atoms with Crippen molar-refractivity contribution in [1.29, 1.82) is 0 Å². The van der Waals surface area contributed by atoms with Gasteiger partial charge in [0.25, 0.3) is 0 Å². The molecule has 3 nitrogen and oxygen atoms in total. The average molecular weight is 193 g/mol. The third kappa shape index (κ3) is 2.28. The molecule has 0 spiro atoms. The van der Waals surface area contributed by atoms with Crippen LogP contribution in [0.2, 0.25) is 0 Å². The monoisotopic (exact) mass is 193 g/mol. The van der Waals surface area contributed by atoms with Gasteiger partial charge in [0.2, 0.25) is 5.95 Å². The zero-order valence-electron chi connectivity index (χ0n) is 9.25. The summed E-state index contributed by atoms with van der Waals surface area (Å²) in [5, 5.41) is 3.38. The Hall–Kier alpha value is -0.990. The van der Waals surface area contributed by atoms with Crippen LogP contribution >= 0.6 is 0 Å². The maximum atomic E-state index is 4.48. The molecule has 78 valence electrons. The van der Waals surface area contributed by atoms with Gasteiger partial charge in [0.05, 0.1) is 5.69 Å². The van der Waals surface area contributed by atoms with E-state index < -0.39 is 0 Å². The topological polar surface area (TPSA) is 29.9 Å². The van der Waals surface area contributed by atoms with Gasteiger partial charge in [-0.05, 0) is 39.5 Å². The zero-order chi connectivity index (χ0) is 10.1. The lowest BCUT2D eigenvalue weighted by Gasteiger charge is -2.11. The van der Waals surface area contributed by atoms with Crippen LogP contribution in [0, 0.1) is 12.8 Å². The van der Waals surface area contributed by atoms with Crippen molar-refractivity contribution < 1.29 is 0 Å². The fourth-order valence-electron chi connectivity index (χ4n) is 1.64. The molecular weight excluding hydrogens is 174 g/mol. The van der Waals surface area contributed by atoms with E-state index in [1.165, 1.54) is 12.8 Å². The number of anilines is 1. The normalized spacial score (nSPS) is 16.3. The van der Waals surface area contributed by atoms with Crippen LogP contribution in [-0.4, -0.2) is 15.6 Å². The van der Waals surface area contributed by atoms with Crippen molar-refractivity contribution in [2.24, 2.45) is 5.92 Å². The molecule has 1 fully saturated rings. The van der Waals surface area contributed by atoms with Gasteiger partial charge < -0.3 is 9.88 Å². The van der Waals surface area contributed by atoms with Gasteiger partial charge in [-0.3, -0.25) is 0 Å². The summed E-state index contributed by atoms with van der Waals surface area (Å²) in [4.78, 5) is 4.48. The van der Waals surface area contributed by atoms with E-state index in [2.05, 4.69) is 41.8 Å². The Morgan fingerprint density at radius 2 is 2.29 bits per heavy atom. The number of hydrogen-bond acceptors (Lipinski definition) is 2. The summed E-state index contributed by atoms with van der Waals surface area (Å²) < 4.78 is 2.26. The van der Waals surface area contributed by atoms with Crippen molar-refractivity contribution in [3.63, 3.8) is 0 Å². The second-order valence-corrected chi connectivity index (χ2v) is 4.60. The van der Waals surface area contributed by atoms with Crippen LogP contribution in [0.4, 0.5) is 5.95 Å². The highest BCUT2D eigenvalue weighted by Crippen LogP contribution is 2.31. The maximum absolute atomic E-state index is 4.48. The Kier molecular flexibility index (Phi) is 2.48. The predicted octanol–water partition coefficient (Wildman–Crippen LogP) is 2.42. The summed E-state index contributed by atoms with van der Waals surface area (Å²) in [5.41, 5.74) is 1.11. The number of rotatable bonds is 4. The number of nitrogens with one attached hydrogen (secondary N) is 1. The molecule has 1 aliphatic carbocycles.